The summed E-state index contributed by atoms with van der Waals surface area (Å²) in [5.41, 5.74) is 2.86. The molecule has 1 N–H and O–H groups in total. The van der Waals surface area contributed by atoms with Gasteiger partial charge in [0.1, 0.15) is 0 Å². The smallest absolute Gasteiger partial charge is 0.0415 e. The van der Waals surface area contributed by atoms with Crippen LogP contribution >= 0.6 is 0 Å². The SMILES string of the molecule is CCC(NC)c1ccccc1N1CCN(CC(C)C)CC1. The van der Waals surface area contributed by atoms with Crippen LogP contribution in [0.3, 0.4) is 0 Å². The average Bonchev–Trinajstić information content (AvgIpc) is 2.49. The van der Waals surface area contributed by atoms with E-state index in [9.17, 15) is 0 Å². The van der Waals surface area contributed by atoms with E-state index in [0.717, 1.165) is 25.4 Å². The standard InChI is InChI=1S/C18H31N3/c1-5-17(19-4)16-8-6-7-9-18(16)21-12-10-20(11-13-21)14-15(2)3/h6-9,15,17,19H,5,10-14H2,1-4H3. The van der Waals surface area contributed by atoms with E-state index >= 15 is 0 Å². The Kier molecular flexibility index (Phi) is 6.07. The summed E-state index contributed by atoms with van der Waals surface area (Å²) in [5, 5.41) is 3.45. The molecule has 3 heteroatoms. The van der Waals surface area contributed by atoms with E-state index in [1.165, 1.54) is 30.9 Å². The number of hydrogen-bond acceptors (Lipinski definition) is 3. The quantitative estimate of drug-likeness (QED) is 0.868. The fourth-order valence-corrected chi connectivity index (χ4v) is 3.34. The first-order valence-corrected chi connectivity index (χ1v) is 8.39. The summed E-state index contributed by atoms with van der Waals surface area (Å²) >= 11 is 0. The molecule has 0 aliphatic carbocycles. The molecule has 0 saturated carbocycles. The van der Waals surface area contributed by atoms with Crippen LogP contribution < -0.4 is 10.2 Å². The monoisotopic (exact) mass is 289 g/mol. The van der Waals surface area contributed by atoms with Crippen LogP contribution in [0.5, 0.6) is 0 Å². The van der Waals surface area contributed by atoms with Crippen molar-refractivity contribution in [3.8, 4) is 0 Å². The summed E-state index contributed by atoms with van der Waals surface area (Å²) < 4.78 is 0. The van der Waals surface area contributed by atoms with Crippen LogP contribution in [0.1, 0.15) is 38.8 Å². The molecule has 0 spiro atoms. The highest BCUT2D eigenvalue weighted by molar-refractivity contribution is 5.55. The highest BCUT2D eigenvalue weighted by Crippen LogP contribution is 2.28. The van der Waals surface area contributed by atoms with Gasteiger partial charge in [0.15, 0.2) is 0 Å². The van der Waals surface area contributed by atoms with Gasteiger partial charge in [-0.3, -0.25) is 4.90 Å². The summed E-state index contributed by atoms with van der Waals surface area (Å²) in [7, 11) is 2.06. The zero-order chi connectivity index (χ0) is 15.2. The Morgan fingerprint density at radius 1 is 1.10 bits per heavy atom. The van der Waals surface area contributed by atoms with Gasteiger partial charge in [0.05, 0.1) is 0 Å². The van der Waals surface area contributed by atoms with E-state index in [4.69, 9.17) is 0 Å². The Morgan fingerprint density at radius 3 is 2.33 bits per heavy atom. The van der Waals surface area contributed by atoms with Crippen molar-refractivity contribution in [1.82, 2.24) is 10.2 Å². The van der Waals surface area contributed by atoms with Crippen molar-refractivity contribution < 1.29 is 0 Å². The van der Waals surface area contributed by atoms with Crippen molar-refractivity contribution in [2.75, 3.05) is 44.7 Å². The Bertz CT molecular complexity index is 418. The third-order valence-corrected chi connectivity index (χ3v) is 4.41. The molecule has 1 saturated heterocycles. The van der Waals surface area contributed by atoms with Gasteiger partial charge in [-0.25, -0.2) is 0 Å². The molecule has 0 bridgehead atoms. The molecule has 1 aliphatic rings. The predicted molar refractivity (Wildman–Crippen MR) is 92.0 cm³/mol. The molecule has 1 heterocycles. The Labute approximate surface area is 130 Å². The van der Waals surface area contributed by atoms with Crippen LogP contribution in [0.4, 0.5) is 5.69 Å². The van der Waals surface area contributed by atoms with E-state index in [0.29, 0.717) is 6.04 Å². The molecule has 1 aromatic carbocycles. The summed E-state index contributed by atoms with van der Waals surface area (Å²) in [6.07, 6.45) is 1.13. The van der Waals surface area contributed by atoms with Crippen molar-refractivity contribution in [2.24, 2.45) is 5.92 Å². The third kappa shape index (κ3) is 4.21. The molecule has 3 nitrogen and oxygen atoms in total. The molecule has 118 valence electrons. The van der Waals surface area contributed by atoms with Crippen molar-refractivity contribution in [1.29, 1.82) is 0 Å². The van der Waals surface area contributed by atoms with Crippen LogP contribution in [-0.2, 0) is 0 Å². The molecular formula is C18H31N3. The van der Waals surface area contributed by atoms with Gasteiger partial charge >= 0.3 is 0 Å². The first kappa shape index (κ1) is 16.3. The largest absolute Gasteiger partial charge is 0.369 e. The van der Waals surface area contributed by atoms with Crippen LogP contribution in [-0.4, -0.2) is 44.7 Å². The summed E-state index contributed by atoms with van der Waals surface area (Å²) in [6, 6.07) is 9.35. The van der Waals surface area contributed by atoms with Gasteiger partial charge < -0.3 is 10.2 Å². The normalized spacial score (nSPS) is 18.2. The van der Waals surface area contributed by atoms with Gasteiger partial charge in [-0.1, -0.05) is 39.0 Å². The third-order valence-electron chi connectivity index (χ3n) is 4.41. The molecular weight excluding hydrogens is 258 g/mol. The van der Waals surface area contributed by atoms with E-state index in [-0.39, 0.29) is 0 Å². The minimum atomic E-state index is 0.454. The summed E-state index contributed by atoms with van der Waals surface area (Å²) in [6.45, 7) is 12.7. The second-order valence-corrected chi connectivity index (χ2v) is 6.49. The van der Waals surface area contributed by atoms with Crippen LogP contribution in [0.15, 0.2) is 24.3 Å². The van der Waals surface area contributed by atoms with E-state index < -0.39 is 0 Å². The lowest BCUT2D eigenvalue weighted by Gasteiger charge is -2.38. The second-order valence-electron chi connectivity index (χ2n) is 6.49. The maximum absolute atomic E-state index is 3.45. The second kappa shape index (κ2) is 7.81. The fraction of sp³-hybridized carbons (Fsp3) is 0.667. The summed E-state index contributed by atoms with van der Waals surface area (Å²) in [4.78, 5) is 5.16. The zero-order valence-electron chi connectivity index (χ0n) is 14.1. The molecule has 0 amide bonds. The number of hydrogen-bond donors (Lipinski definition) is 1. The first-order chi connectivity index (χ1) is 10.2. The van der Waals surface area contributed by atoms with Crippen LogP contribution in [0.25, 0.3) is 0 Å². The predicted octanol–water partition coefficient (Wildman–Crippen LogP) is 3.14. The number of nitrogens with zero attached hydrogens (tertiary/aromatic N) is 2. The van der Waals surface area contributed by atoms with Gasteiger partial charge in [0.2, 0.25) is 0 Å². The van der Waals surface area contributed by atoms with Crippen molar-refractivity contribution in [3.05, 3.63) is 29.8 Å². The minimum absolute atomic E-state index is 0.454. The lowest BCUT2D eigenvalue weighted by atomic mass is 10.0. The number of para-hydroxylation sites is 1. The highest BCUT2D eigenvalue weighted by Gasteiger charge is 2.21. The van der Waals surface area contributed by atoms with Crippen molar-refractivity contribution in [3.63, 3.8) is 0 Å². The minimum Gasteiger partial charge on any atom is -0.369 e. The number of benzene rings is 1. The molecule has 2 rings (SSSR count). The first-order valence-electron chi connectivity index (χ1n) is 8.39. The lowest BCUT2D eigenvalue weighted by molar-refractivity contribution is 0.231. The average molecular weight is 289 g/mol. The highest BCUT2D eigenvalue weighted by atomic mass is 15.3. The maximum atomic E-state index is 3.45. The van der Waals surface area contributed by atoms with Crippen LogP contribution in [0.2, 0.25) is 0 Å². The van der Waals surface area contributed by atoms with E-state index in [1.54, 1.807) is 0 Å². The Hall–Kier alpha value is -1.06. The zero-order valence-corrected chi connectivity index (χ0v) is 14.1. The molecule has 1 atom stereocenters. The molecule has 1 fully saturated rings. The maximum Gasteiger partial charge on any atom is 0.0415 e. The number of nitrogens with one attached hydrogen (secondary N) is 1. The number of anilines is 1. The molecule has 0 radical (unpaired) electrons. The molecule has 1 unspecified atom stereocenters. The van der Waals surface area contributed by atoms with Gasteiger partial charge in [0.25, 0.3) is 0 Å². The van der Waals surface area contributed by atoms with Gasteiger partial charge in [-0.2, -0.15) is 0 Å². The molecule has 0 aromatic heterocycles. The fourth-order valence-electron chi connectivity index (χ4n) is 3.34. The molecule has 1 aromatic rings. The topological polar surface area (TPSA) is 18.5 Å². The van der Waals surface area contributed by atoms with Gasteiger partial charge in [-0.15, -0.1) is 0 Å². The summed E-state index contributed by atoms with van der Waals surface area (Å²) in [5.74, 6) is 0.762. The lowest BCUT2D eigenvalue weighted by Crippen LogP contribution is -2.47. The Morgan fingerprint density at radius 2 is 1.76 bits per heavy atom. The molecule has 21 heavy (non-hydrogen) atoms. The van der Waals surface area contributed by atoms with Gasteiger partial charge in [-0.05, 0) is 31.0 Å². The van der Waals surface area contributed by atoms with Gasteiger partial charge in [0, 0.05) is 44.5 Å². The Balaban J connectivity index is 2.06. The van der Waals surface area contributed by atoms with Crippen molar-refractivity contribution in [2.45, 2.75) is 33.2 Å². The number of rotatable bonds is 6. The van der Waals surface area contributed by atoms with Crippen LogP contribution in [0, 0.1) is 5.92 Å². The number of piperazine rings is 1. The van der Waals surface area contributed by atoms with Crippen molar-refractivity contribution >= 4 is 5.69 Å². The molecule has 1 aliphatic heterocycles. The van der Waals surface area contributed by atoms with E-state index in [1.807, 2.05) is 0 Å². The van der Waals surface area contributed by atoms with E-state index in [2.05, 4.69) is 67.2 Å².